The summed E-state index contributed by atoms with van der Waals surface area (Å²) in [5, 5.41) is 0. The van der Waals surface area contributed by atoms with Crippen LogP contribution in [0.3, 0.4) is 0 Å². The number of rotatable bonds is 10. The highest BCUT2D eigenvalue weighted by atomic mass is 16.1. The third-order valence-electron chi connectivity index (χ3n) is 3.86. The third-order valence-corrected chi connectivity index (χ3v) is 3.86. The van der Waals surface area contributed by atoms with Gasteiger partial charge in [0.2, 0.25) is 0 Å². The molecular weight excluding hydrogens is 244 g/mol. The van der Waals surface area contributed by atoms with Gasteiger partial charge in [-0.1, -0.05) is 77.1 Å². The molecule has 1 nitrogen and oxygen atoms in total. The Labute approximate surface area is 124 Å². The van der Waals surface area contributed by atoms with Crippen molar-refractivity contribution >= 4 is 5.78 Å². The van der Waals surface area contributed by atoms with Crippen LogP contribution in [0.25, 0.3) is 0 Å². The van der Waals surface area contributed by atoms with Crippen molar-refractivity contribution in [2.75, 3.05) is 0 Å². The van der Waals surface area contributed by atoms with E-state index < -0.39 is 0 Å². The molecule has 1 aromatic rings. The summed E-state index contributed by atoms with van der Waals surface area (Å²) in [5.41, 5.74) is 2.50. The molecule has 0 fully saturated rings. The van der Waals surface area contributed by atoms with Crippen molar-refractivity contribution in [3.8, 4) is 0 Å². The third kappa shape index (κ3) is 6.88. The number of unbranched alkanes of at least 4 members (excludes halogenated alkanes) is 5. The van der Waals surface area contributed by atoms with Crippen LogP contribution in [-0.4, -0.2) is 5.78 Å². The first-order chi connectivity index (χ1) is 9.63. The lowest BCUT2D eigenvalue weighted by atomic mass is 9.99. The van der Waals surface area contributed by atoms with E-state index in [1.807, 2.05) is 0 Å². The monoisotopic (exact) mass is 274 g/mol. The molecule has 0 saturated heterocycles. The molecule has 1 rings (SSSR count). The molecule has 0 unspecified atom stereocenters. The predicted molar refractivity (Wildman–Crippen MR) is 87.2 cm³/mol. The van der Waals surface area contributed by atoms with Gasteiger partial charge < -0.3 is 0 Å². The first-order valence-corrected chi connectivity index (χ1v) is 8.24. The second-order valence-electron chi connectivity index (χ2n) is 6.13. The van der Waals surface area contributed by atoms with Gasteiger partial charge in [0.05, 0.1) is 0 Å². The van der Waals surface area contributed by atoms with Crippen LogP contribution in [0, 0.1) is 0 Å². The number of ketones is 1. The molecule has 0 aliphatic carbocycles. The zero-order valence-electron chi connectivity index (χ0n) is 13.5. The molecule has 0 aliphatic rings. The molecule has 0 amide bonds. The molecule has 0 aliphatic heterocycles. The van der Waals surface area contributed by atoms with E-state index in [2.05, 4.69) is 45.0 Å². The number of carbonyl (C=O) groups is 1. The van der Waals surface area contributed by atoms with E-state index in [0.717, 1.165) is 18.4 Å². The highest BCUT2D eigenvalue weighted by Crippen LogP contribution is 2.15. The maximum Gasteiger partial charge on any atom is 0.137 e. The predicted octanol–water partition coefficient (Wildman–Crippen LogP) is 5.67. The van der Waals surface area contributed by atoms with Gasteiger partial charge in [-0.25, -0.2) is 0 Å². The lowest BCUT2D eigenvalue weighted by Gasteiger charge is -2.06. The first-order valence-electron chi connectivity index (χ1n) is 8.24. The minimum absolute atomic E-state index is 0.387. The normalized spacial score (nSPS) is 11.0. The maximum atomic E-state index is 11.9. The first kappa shape index (κ1) is 16.9. The summed E-state index contributed by atoms with van der Waals surface area (Å²) < 4.78 is 0. The SMILES string of the molecule is CCCCCCCCC(=O)Cc1ccc(C(C)C)cc1. The highest BCUT2D eigenvalue weighted by molar-refractivity contribution is 5.80. The number of hydrogen-bond donors (Lipinski definition) is 0. The molecule has 0 heterocycles. The molecule has 0 N–H and O–H groups in total. The molecule has 0 atom stereocenters. The van der Waals surface area contributed by atoms with E-state index in [4.69, 9.17) is 0 Å². The molecule has 0 aromatic heterocycles. The van der Waals surface area contributed by atoms with Gasteiger partial charge in [-0.2, -0.15) is 0 Å². The number of hydrogen-bond acceptors (Lipinski definition) is 1. The van der Waals surface area contributed by atoms with Gasteiger partial charge in [-0.3, -0.25) is 4.79 Å². The highest BCUT2D eigenvalue weighted by Gasteiger charge is 2.05. The average molecular weight is 274 g/mol. The second-order valence-corrected chi connectivity index (χ2v) is 6.13. The smallest absolute Gasteiger partial charge is 0.137 e. The summed E-state index contributed by atoms with van der Waals surface area (Å²) in [7, 11) is 0. The van der Waals surface area contributed by atoms with Crippen LogP contribution in [0.5, 0.6) is 0 Å². The Kier molecular flexibility index (Phi) is 8.25. The van der Waals surface area contributed by atoms with Crippen molar-refractivity contribution in [2.24, 2.45) is 0 Å². The van der Waals surface area contributed by atoms with E-state index in [-0.39, 0.29) is 0 Å². The number of benzene rings is 1. The molecule has 1 aromatic carbocycles. The van der Waals surface area contributed by atoms with Crippen LogP contribution >= 0.6 is 0 Å². The fraction of sp³-hybridized carbons (Fsp3) is 0.632. The topological polar surface area (TPSA) is 17.1 Å². The molecule has 0 bridgehead atoms. The Morgan fingerprint density at radius 1 is 0.950 bits per heavy atom. The van der Waals surface area contributed by atoms with E-state index in [1.165, 1.54) is 37.7 Å². The van der Waals surface area contributed by atoms with Crippen molar-refractivity contribution in [3.05, 3.63) is 35.4 Å². The molecule has 0 saturated carbocycles. The summed E-state index contributed by atoms with van der Waals surface area (Å²) in [4.78, 5) is 11.9. The van der Waals surface area contributed by atoms with Crippen molar-refractivity contribution < 1.29 is 4.79 Å². The fourth-order valence-corrected chi connectivity index (χ4v) is 2.44. The number of Topliss-reactive ketones (excluding diaryl/α,β-unsaturated/α-hetero) is 1. The Bertz CT molecular complexity index is 375. The standard InChI is InChI=1S/C19H30O/c1-4-5-6-7-8-9-10-19(20)15-17-11-13-18(14-12-17)16(2)3/h11-14,16H,4-10,15H2,1-3H3. The van der Waals surface area contributed by atoms with Gasteiger partial charge in [0.1, 0.15) is 5.78 Å². The van der Waals surface area contributed by atoms with E-state index in [0.29, 0.717) is 18.1 Å². The molecule has 112 valence electrons. The quantitative estimate of drug-likeness (QED) is 0.502. The van der Waals surface area contributed by atoms with Crippen LogP contribution < -0.4 is 0 Å². The summed E-state index contributed by atoms with van der Waals surface area (Å²) in [6.07, 6.45) is 8.84. The average Bonchev–Trinajstić information content (AvgIpc) is 2.43. The van der Waals surface area contributed by atoms with Gasteiger partial charge in [-0.15, -0.1) is 0 Å². The Morgan fingerprint density at radius 2 is 1.55 bits per heavy atom. The molecule has 0 spiro atoms. The fourth-order valence-electron chi connectivity index (χ4n) is 2.44. The summed E-state index contributed by atoms with van der Waals surface area (Å²) in [6, 6.07) is 8.51. The van der Waals surface area contributed by atoms with Gasteiger partial charge in [0, 0.05) is 12.8 Å². The lowest BCUT2D eigenvalue weighted by molar-refractivity contribution is -0.118. The molecule has 1 heteroatoms. The van der Waals surface area contributed by atoms with Gasteiger partial charge in [-0.05, 0) is 23.5 Å². The van der Waals surface area contributed by atoms with Crippen molar-refractivity contribution in [3.63, 3.8) is 0 Å². The summed E-state index contributed by atoms with van der Waals surface area (Å²) in [5.74, 6) is 0.945. The van der Waals surface area contributed by atoms with E-state index in [9.17, 15) is 4.79 Å². The van der Waals surface area contributed by atoms with Crippen LogP contribution in [-0.2, 0) is 11.2 Å². The zero-order chi connectivity index (χ0) is 14.8. The van der Waals surface area contributed by atoms with E-state index >= 15 is 0 Å². The minimum atomic E-state index is 0.387. The number of carbonyl (C=O) groups excluding carboxylic acids is 1. The van der Waals surface area contributed by atoms with Crippen LogP contribution in [0.4, 0.5) is 0 Å². The van der Waals surface area contributed by atoms with E-state index in [1.54, 1.807) is 0 Å². The van der Waals surface area contributed by atoms with Crippen LogP contribution in [0.15, 0.2) is 24.3 Å². The Morgan fingerprint density at radius 3 is 2.15 bits per heavy atom. The summed E-state index contributed by atoms with van der Waals surface area (Å²) >= 11 is 0. The van der Waals surface area contributed by atoms with Crippen LogP contribution in [0.2, 0.25) is 0 Å². The second kappa shape index (κ2) is 9.74. The molecular formula is C19H30O. The van der Waals surface area contributed by atoms with Crippen molar-refractivity contribution in [1.29, 1.82) is 0 Å². The van der Waals surface area contributed by atoms with Crippen molar-refractivity contribution in [2.45, 2.75) is 78.1 Å². The van der Waals surface area contributed by atoms with Gasteiger partial charge in [0.15, 0.2) is 0 Å². The minimum Gasteiger partial charge on any atom is -0.299 e. The largest absolute Gasteiger partial charge is 0.299 e. The zero-order valence-corrected chi connectivity index (χ0v) is 13.5. The molecule has 0 radical (unpaired) electrons. The van der Waals surface area contributed by atoms with Gasteiger partial charge in [0.25, 0.3) is 0 Å². The van der Waals surface area contributed by atoms with Crippen molar-refractivity contribution in [1.82, 2.24) is 0 Å². The van der Waals surface area contributed by atoms with Crippen LogP contribution in [0.1, 0.15) is 82.8 Å². The Balaban J connectivity index is 2.21. The Hall–Kier alpha value is -1.11. The molecule has 20 heavy (non-hydrogen) atoms. The van der Waals surface area contributed by atoms with Gasteiger partial charge >= 0.3 is 0 Å². The summed E-state index contributed by atoms with van der Waals surface area (Å²) in [6.45, 7) is 6.62. The lowest BCUT2D eigenvalue weighted by Crippen LogP contribution is -2.02. The maximum absolute atomic E-state index is 11.9.